The highest BCUT2D eigenvalue weighted by molar-refractivity contribution is 6.05. The maximum absolute atomic E-state index is 13.3. The van der Waals surface area contributed by atoms with Crippen LogP contribution in [0.4, 0.5) is 13.2 Å². The van der Waals surface area contributed by atoms with Crippen molar-refractivity contribution in [3.8, 4) is 0 Å². The lowest BCUT2D eigenvalue weighted by Gasteiger charge is -2.32. The van der Waals surface area contributed by atoms with Crippen LogP contribution >= 0.6 is 0 Å². The van der Waals surface area contributed by atoms with Crippen molar-refractivity contribution in [2.24, 2.45) is 0 Å². The molecule has 0 saturated carbocycles. The number of halogens is 3. The lowest BCUT2D eigenvalue weighted by molar-refractivity contribution is -0.142. The van der Waals surface area contributed by atoms with Crippen molar-refractivity contribution in [2.45, 2.75) is 63.0 Å². The predicted octanol–water partition coefficient (Wildman–Crippen LogP) is 3.43. The third kappa shape index (κ3) is 5.59. The Labute approximate surface area is 261 Å². The number of amides is 3. The first kappa shape index (κ1) is 29.9. The van der Waals surface area contributed by atoms with Gasteiger partial charge in [0.15, 0.2) is 0 Å². The predicted molar refractivity (Wildman–Crippen MR) is 162 cm³/mol. The molecule has 13 heteroatoms. The molecule has 2 unspecified atom stereocenters. The number of nitrogens with one attached hydrogen (secondary N) is 2. The number of fused-ring (bicyclic) bond motifs is 2. The van der Waals surface area contributed by atoms with Gasteiger partial charge in [-0.1, -0.05) is 24.3 Å². The van der Waals surface area contributed by atoms with Crippen molar-refractivity contribution < 1.29 is 27.6 Å². The van der Waals surface area contributed by atoms with E-state index in [0.29, 0.717) is 41.9 Å². The number of imide groups is 1. The van der Waals surface area contributed by atoms with Gasteiger partial charge in [0.05, 0.1) is 16.6 Å². The van der Waals surface area contributed by atoms with Crippen molar-refractivity contribution in [3.05, 3.63) is 93.7 Å². The van der Waals surface area contributed by atoms with Crippen LogP contribution in [0, 0.1) is 0 Å². The van der Waals surface area contributed by atoms with Gasteiger partial charge in [-0.2, -0.15) is 13.2 Å². The summed E-state index contributed by atoms with van der Waals surface area (Å²) in [5.74, 6) is -0.591. The molecule has 0 bridgehead atoms. The molecule has 7 rings (SSSR count). The first-order valence-electron chi connectivity index (χ1n) is 15.3. The van der Waals surface area contributed by atoms with Gasteiger partial charge in [-0.05, 0) is 79.2 Å². The minimum atomic E-state index is -4.43. The monoisotopic (exact) mass is 632 g/mol. The molecule has 46 heavy (non-hydrogen) atoms. The summed E-state index contributed by atoms with van der Waals surface area (Å²) in [6, 6.07) is 9.02. The maximum atomic E-state index is 13.3. The van der Waals surface area contributed by atoms with Crippen LogP contribution in [0.5, 0.6) is 0 Å². The molecule has 4 aliphatic rings. The molecule has 2 atom stereocenters. The third-order valence-corrected chi connectivity index (χ3v) is 9.34. The van der Waals surface area contributed by atoms with E-state index in [2.05, 4.69) is 26.6 Å². The minimum absolute atomic E-state index is 0.179. The van der Waals surface area contributed by atoms with Crippen LogP contribution in [0.15, 0.2) is 65.9 Å². The summed E-state index contributed by atoms with van der Waals surface area (Å²) in [4.78, 5) is 58.5. The molecule has 2 saturated heterocycles. The van der Waals surface area contributed by atoms with Crippen molar-refractivity contribution >= 4 is 34.3 Å². The standard InChI is InChI=1S/C33H31F3N6O4/c34-33(35,36)28-7-3-23(15-37-28)42-18-38-26-5-1-19(13-25(26)32(42)46)16-40-11-9-20(10-12-40)21-2-4-24-22(14-21)17-41(31(24)45)27-6-8-29(43)39-30(27)44/h1-5,7,13-15,18,20,27-28,37H,6,8-12,16-17H2,(H,39,43,44). The summed E-state index contributed by atoms with van der Waals surface area (Å²) < 4.78 is 40.2. The van der Waals surface area contributed by atoms with Gasteiger partial charge in [-0.15, -0.1) is 0 Å². The van der Waals surface area contributed by atoms with Crippen LogP contribution in [0.1, 0.15) is 58.6 Å². The lowest BCUT2D eigenvalue weighted by Crippen LogP contribution is -2.52. The largest absolute Gasteiger partial charge is 0.412 e. The number of benzene rings is 2. The fourth-order valence-electron chi connectivity index (χ4n) is 6.81. The number of rotatable bonds is 5. The molecule has 2 fully saturated rings. The van der Waals surface area contributed by atoms with Crippen LogP contribution in [-0.4, -0.2) is 68.4 Å². The van der Waals surface area contributed by atoms with Crippen molar-refractivity contribution in [3.63, 3.8) is 0 Å². The molecule has 2 aromatic carbocycles. The number of carbonyl (C=O) groups is 3. The van der Waals surface area contributed by atoms with Crippen molar-refractivity contribution in [2.75, 3.05) is 13.1 Å². The molecule has 0 aliphatic carbocycles. The second-order valence-corrected chi connectivity index (χ2v) is 12.3. The van der Waals surface area contributed by atoms with E-state index in [1.807, 2.05) is 18.2 Å². The van der Waals surface area contributed by atoms with Crippen LogP contribution in [0.3, 0.4) is 0 Å². The molecule has 3 amide bonds. The Kier molecular flexibility index (Phi) is 7.50. The van der Waals surface area contributed by atoms with E-state index in [9.17, 15) is 32.3 Å². The van der Waals surface area contributed by atoms with Gasteiger partial charge in [-0.3, -0.25) is 34.0 Å². The Balaban J connectivity index is 0.996. The van der Waals surface area contributed by atoms with E-state index in [-0.39, 0.29) is 29.5 Å². The van der Waals surface area contributed by atoms with Crippen LogP contribution in [0.25, 0.3) is 16.6 Å². The van der Waals surface area contributed by atoms with E-state index in [4.69, 9.17) is 0 Å². The Bertz CT molecular complexity index is 1880. The molecular weight excluding hydrogens is 601 g/mol. The average molecular weight is 633 g/mol. The molecule has 5 heterocycles. The Morgan fingerprint density at radius 2 is 1.78 bits per heavy atom. The fourth-order valence-corrected chi connectivity index (χ4v) is 6.81. The summed E-state index contributed by atoms with van der Waals surface area (Å²) in [6.45, 7) is 2.65. The minimum Gasteiger partial charge on any atom is -0.375 e. The SMILES string of the molecule is O=C1CCC(N2Cc3cc(C4CCN(Cc5ccc6ncn(C7=CNC(C(F)(F)F)C=C7)c(=O)c6c5)CC4)ccc3C2=O)C(=O)N1. The second-order valence-electron chi connectivity index (χ2n) is 12.3. The zero-order valence-corrected chi connectivity index (χ0v) is 24.7. The van der Waals surface area contributed by atoms with E-state index in [1.165, 1.54) is 23.2 Å². The van der Waals surface area contributed by atoms with Gasteiger partial charge in [0, 0.05) is 31.3 Å². The van der Waals surface area contributed by atoms with Crippen molar-refractivity contribution in [1.82, 2.24) is 30.0 Å². The summed E-state index contributed by atoms with van der Waals surface area (Å²) in [6.07, 6.45) is 2.69. The van der Waals surface area contributed by atoms with Gasteiger partial charge in [0.2, 0.25) is 11.8 Å². The molecule has 4 aliphatic heterocycles. The van der Waals surface area contributed by atoms with Crippen LogP contribution in [0.2, 0.25) is 0 Å². The number of aromatic nitrogens is 2. The molecule has 0 radical (unpaired) electrons. The Morgan fingerprint density at radius 1 is 0.978 bits per heavy atom. The van der Waals surface area contributed by atoms with Crippen LogP contribution in [-0.2, 0) is 22.7 Å². The van der Waals surface area contributed by atoms with E-state index >= 15 is 0 Å². The van der Waals surface area contributed by atoms with Gasteiger partial charge in [-0.25, -0.2) is 4.98 Å². The summed E-state index contributed by atoms with van der Waals surface area (Å²) in [7, 11) is 0. The van der Waals surface area contributed by atoms with Gasteiger partial charge in [0.25, 0.3) is 11.5 Å². The quantitative estimate of drug-likeness (QED) is 0.414. The maximum Gasteiger partial charge on any atom is 0.412 e. The number of carbonyl (C=O) groups excluding carboxylic acids is 3. The number of allylic oxidation sites excluding steroid dienone is 2. The Hall–Kier alpha value is -4.78. The van der Waals surface area contributed by atoms with Gasteiger partial charge in [0.1, 0.15) is 18.4 Å². The molecule has 2 N–H and O–H groups in total. The highest BCUT2D eigenvalue weighted by atomic mass is 19.4. The lowest BCUT2D eigenvalue weighted by atomic mass is 9.87. The Morgan fingerprint density at radius 3 is 2.50 bits per heavy atom. The molecular formula is C33H31F3N6O4. The van der Waals surface area contributed by atoms with Crippen molar-refractivity contribution in [1.29, 1.82) is 0 Å². The average Bonchev–Trinajstić information content (AvgIpc) is 3.36. The van der Waals surface area contributed by atoms with E-state index in [1.54, 1.807) is 17.0 Å². The normalized spacial score (nSPS) is 22.5. The first-order valence-corrected chi connectivity index (χ1v) is 15.3. The van der Waals surface area contributed by atoms with E-state index in [0.717, 1.165) is 48.7 Å². The number of hydrogen-bond acceptors (Lipinski definition) is 7. The van der Waals surface area contributed by atoms with Gasteiger partial charge >= 0.3 is 6.18 Å². The highest BCUT2D eigenvalue weighted by Crippen LogP contribution is 2.34. The smallest absolute Gasteiger partial charge is 0.375 e. The zero-order valence-electron chi connectivity index (χ0n) is 24.7. The number of piperidine rings is 2. The molecule has 238 valence electrons. The molecule has 0 spiro atoms. The number of nitrogens with zero attached hydrogens (tertiary/aromatic N) is 4. The first-order chi connectivity index (χ1) is 22.0. The summed E-state index contributed by atoms with van der Waals surface area (Å²) in [5.41, 5.74) is 4.03. The second kappa shape index (κ2) is 11.5. The number of dihydropyridines is 1. The van der Waals surface area contributed by atoms with Crippen LogP contribution < -0.4 is 16.2 Å². The molecule has 3 aromatic rings. The molecule has 1 aromatic heterocycles. The number of likely N-dealkylation sites (tertiary alicyclic amines) is 1. The fraction of sp³-hybridized carbons (Fsp3) is 0.364. The molecule has 10 nitrogen and oxygen atoms in total. The zero-order chi connectivity index (χ0) is 32.2. The summed E-state index contributed by atoms with van der Waals surface area (Å²) in [5, 5.41) is 5.01. The van der Waals surface area contributed by atoms with Gasteiger partial charge < -0.3 is 10.2 Å². The summed E-state index contributed by atoms with van der Waals surface area (Å²) >= 11 is 0. The number of hydrogen-bond donors (Lipinski definition) is 2. The third-order valence-electron chi connectivity index (χ3n) is 9.34. The van der Waals surface area contributed by atoms with E-state index < -0.39 is 24.2 Å². The number of alkyl halides is 3. The topological polar surface area (TPSA) is 117 Å². The highest BCUT2D eigenvalue weighted by Gasteiger charge is 2.40.